The van der Waals surface area contributed by atoms with E-state index in [4.69, 9.17) is 9.72 Å². The number of ether oxygens (including phenoxy) is 1. The second kappa shape index (κ2) is 12.9. The highest BCUT2D eigenvalue weighted by Crippen LogP contribution is 2.26. The molecule has 0 radical (unpaired) electrons. The van der Waals surface area contributed by atoms with Gasteiger partial charge in [0.15, 0.2) is 0 Å². The van der Waals surface area contributed by atoms with Crippen molar-refractivity contribution in [3.8, 4) is 0 Å². The van der Waals surface area contributed by atoms with Crippen LogP contribution in [0.15, 0.2) is 72.8 Å². The highest BCUT2D eigenvalue weighted by atomic mass is 19.1. The van der Waals surface area contributed by atoms with Crippen molar-refractivity contribution < 1.29 is 13.9 Å². The number of anilines is 1. The van der Waals surface area contributed by atoms with Crippen LogP contribution in [0.1, 0.15) is 43.4 Å². The number of carbonyl (C=O) groups excluding carboxylic acids is 1. The fourth-order valence-corrected chi connectivity index (χ4v) is 5.82. The summed E-state index contributed by atoms with van der Waals surface area (Å²) in [6.07, 6.45) is 3.82. The number of halogens is 1. The molecule has 2 heterocycles. The molecule has 0 amide bonds. The number of para-hydroxylation sites is 2. The van der Waals surface area contributed by atoms with Crippen LogP contribution in [-0.2, 0) is 28.9 Å². The van der Waals surface area contributed by atoms with Gasteiger partial charge in [-0.15, -0.1) is 0 Å². The van der Waals surface area contributed by atoms with Crippen LogP contribution in [0.2, 0.25) is 0 Å². The van der Waals surface area contributed by atoms with Crippen LogP contribution in [0.3, 0.4) is 0 Å². The second-order valence-electron chi connectivity index (χ2n) is 11.8. The zero-order valence-electron chi connectivity index (χ0n) is 24.5. The van der Waals surface area contributed by atoms with Gasteiger partial charge in [-0.25, -0.2) is 9.37 Å². The van der Waals surface area contributed by atoms with Crippen LogP contribution in [0, 0.1) is 11.2 Å². The SMILES string of the molecule is COC(=O)C(C)(C)Cc1ccc(CCN2CCCN(c3nc4ccccc4n3Cc3ccc(F)cc3)CCC2)cc1. The van der Waals surface area contributed by atoms with E-state index in [0.29, 0.717) is 13.0 Å². The molecule has 0 N–H and O–H groups in total. The molecule has 4 aromatic rings. The van der Waals surface area contributed by atoms with Crippen LogP contribution in [0.25, 0.3) is 11.0 Å². The number of methoxy groups -OCH3 is 1. The van der Waals surface area contributed by atoms with Crippen molar-refractivity contribution in [2.45, 2.75) is 46.1 Å². The molecule has 0 unspecified atom stereocenters. The van der Waals surface area contributed by atoms with E-state index in [2.05, 4.69) is 56.8 Å². The van der Waals surface area contributed by atoms with Crippen LogP contribution >= 0.6 is 0 Å². The third-order valence-electron chi connectivity index (χ3n) is 8.10. The smallest absolute Gasteiger partial charge is 0.311 e. The number of hydrogen-bond donors (Lipinski definition) is 0. The van der Waals surface area contributed by atoms with E-state index in [0.717, 1.165) is 80.1 Å². The minimum atomic E-state index is -0.528. The predicted octanol–water partition coefficient (Wildman–Crippen LogP) is 6.11. The van der Waals surface area contributed by atoms with Gasteiger partial charge in [-0.3, -0.25) is 4.79 Å². The lowest BCUT2D eigenvalue weighted by atomic mass is 9.85. The molecule has 5 rings (SSSR count). The monoisotopic (exact) mass is 556 g/mol. The maximum atomic E-state index is 13.5. The lowest BCUT2D eigenvalue weighted by Gasteiger charge is -2.31. The molecule has 1 saturated heterocycles. The summed E-state index contributed by atoms with van der Waals surface area (Å²) in [7, 11) is 1.45. The third kappa shape index (κ3) is 7.14. The number of benzene rings is 3. The Hall–Kier alpha value is -3.71. The van der Waals surface area contributed by atoms with Crippen LogP contribution < -0.4 is 4.90 Å². The molecule has 0 atom stereocenters. The van der Waals surface area contributed by atoms with E-state index in [1.807, 2.05) is 32.0 Å². The first kappa shape index (κ1) is 28.8. The summed E-state index contributed by atoms with van der Waals surface area (Å²) in [5.41, 5.74) is 5.11. The summed E-state index contributed by atoms with van der Waals surface area (Å²) in [4.78, 5) is 22.1. The summed E-state index contributed by atoms with van der Waals surface area (Å²) in [6, 6.07) is 23.7. The first-order valence-corrected chi connectivity index (χ1v) is 14.7. The number of carbonyl (C=O) groups is 1. The highest BCUT2D eigenvalue weighted by Gasteiger charge is 2.28. The topological polar surface area (TPSA) is 50.6 Å². The van der Waals surface area contributed by atoms with Gasteiger partial charge in [0.1, 0.15) is 5.82 Å². The van der Waals surface area contributed by atoms with Gasteiger partial charge in [-0.05, 0) is 93.6 Å². The van der Waals surface area contributed by atoms with Gasteiger partial charge in [-0.2, -0.15) is 0 Å². The quantitative estimate of drug-likeness (QED) is 0.233. The number of rotatable bonds is 9. The van der Waals surface area contributed by atoms with Crippen molar-refractivity contribution in [1.82, 2.24) is 14.5 Å². The summed E-state index contributed by atoms with van der Waals surface area (Å²) in [5.74, 6) is 0.608. The number of fused-ring (bicyclic) bond motifs is 1. The maximum Gasteiger partial charge on any atom is 0.311 e. The fraction of sp³-hybridized carbons (Fsp3) is 0.412. The van der Waals surface area contributed by atoms with Gasteiger partial charge in [0, 0.05) is 19.6 Å². The zero-order valence-corrected chi connectivity index (χ0v) is 24.5. The standard InChI is InChI=1S/C34H41FN4O2/c1-34(2,32(40)41-3)24-27-12-10-26(11-13-27)18-23-37-19-6-21-38(22-7-20-37)33-36-30-8-4-5-9-31(30)39(33)25-28-14-16-29(35)17-15-28/h4-5,8-17H,6-7,18-25H2,1-3H3. The molecular weight excluding hydrogens is 515 g/mol. The molecule has 1 fully saturated rings. The van der Waals surface area contributed by atoms with E-state index in [9.17, 15) is 9.18 Å². The number of nitrogens with zero attached hydrogens (tertiary/aromatic N) is 4. The molecular formula is C34H41FN4O2. The van der Waals surface area contributed by atoms with Crippen molar-refractivity contribution in [3.05, 3.63) is 95.3 Å². The second-order valence-corrected chi connectivity index (χ2v) is 11.8. The average Bonchev–Trinajstić information content (AvgIpc) is 3.32. The Labute approximate surface area is 242 Å². The predicted molar refractivity (Wildman–Crippen MR) is 163 cm³/mol. The molecule has 7 heteroatoms. The lowest BCUT2D eigenvalue weighted by molar-refractivity contribution is -0.150. The van der Waals surface area contributed by atoms with Crippen LogP contribution in [-0.4, -0.2) is 60.3 Å². The first-order chi connectivity index (χ1) is 19.8. The normalized spacial score (nSPS) is 15.1. The molecule has 1 aromatic heterocycles. The van der Waals surface area contributed by atoms with Crippen molar-refractivity contribution in [2.75, 3.05) is 44.7 Å². The van der Waals surface area contributed by atoms with Crippen molar-refractivity contribution >= 4 is 23.0 Å². The minimum Gasteiger partial charge on any atom is -0.469 e. The molecule has 3 aromatic carbocycles. The van der Waals surface area contributed by atoms with Gasteiger partial charge in [0.2, 0.25) is 5.95 Å². The van der Waals surface area contributed by atoms with Gasteiger partial charge in [0.25, 0.3) is 0 Å². The van der Waals surface area contributed by atoms with E-state index >= 15 is 0 Å². The minimum absolute atomic E-state index is 0.178. The van der Waals surface area contributed by atoms with E-state index in [-0.39, 0.29) is 11.8 Å². The molecule has 1 aliphatic rings. The Bertz CT molecular complexity index is 1440. The van der Waals surface area contributed by atoms with Crippen LogP contribution in [0.5, 0.6) is 0 Å². The Morgan fingerprint density at radius 3 is 2.20 bits per heavy atom. The van der Waals surface area contributed by atoms with Crippen molar-refractivity contribution in [1.29, 1.82) is 0 Å². The van der Waals surface area contributed by atoms with Gasteiger partial charge in [-0.1, -0.05) is 48.5 Å². The molecule has 0 saturated carbocycles. The van der Waals surface area contributed by atoms with E-state index < -0.39 is 5.41 Å². The van der Waals surface area contributed by atoms with E-state index in [1.165, 1.54) is 24.8 Å². The molecule has 0 aliphatic carbocycles. The molecule has 6 nitrogen and oxygen atoms in total. The molecule has 0 spiro atoms. The van der Waals surface area contributed by atoms with Crippen molar-refractivity contribution in [2.24, 2.45) is 5.41 Å². The van der Waals surface area contributed by atoms with Crippen molar-refractivity contribution in [3.63, 3.8) is 0 Å². The molecule has 0 bridgehead atoms. The summed E-state index contributed by atoms with van der Waals surface area (Å²) in [5, 5.41) is 0. The average molecular weight is 557 g/mol. The third-order valence-corrected chi connectivity index (χ3v) is 8.10. The number of esters is 1. The Balaban J connectivity index is 1.18. The summed E-state index contributed by atoms with van der Waals surface area (Å²) in [6.45, 7) is 9.57. The number of imidazole rings is 1. The Morgan fingerprint density at radius 2 is 1.51 bits per heavy atom. The Morgan fingerprint density at radius 1 is 0.878 bits per heavy atom. The Kier molecular flexibility index (Phi) is 9.03. The van der Waals surface area contributed by atoms with Gasteiger partial charge < -0.3 is 19.1 Å². The van der Waals surface area contributed by atoms with E-state index in [1.54, 1.807) is 0 Å². The first-order valence-electron chi connectivity index (χ1n) is 14.7. The van der Waals surface area contributed by atoms with Gasteiger partial charge >= 0.3 is 5.97 Å². The van der Waals surface area contributed by atoms with Crippen LogP contribution in [0.4, 0.5) is 10.3 Å². The summed E-state index contributed by atoms with van der Waals surface area (Å²) < 4.78 is 20.7. The molecule has 1 aliphatic heterocycles. The molecule has 216 valence electrons. The maximum absolute atomic E-state index is 13.5. The van der Waals surface area contributed by atoms with Gasteiger partial charge in [0.05, 0.1) is 30.1 Å². The summed E-state index contributed by atoms with van der Waals surface area (Å²) >= 11 is 0. The highest BCUT2D eigenvalue weighted by molar-refractivity contribution is 5.79. The zero-order chi connectivity index (χ0) is 28.8. The number of aromatic nitrogens is 2. The fourth-order valence-electron chi connectivity index (χ4n) is 5.82. The lowest BCUT2D eigenvalue weighted by Crippen LogP contribution is -2.38. The number of hydrogen-bond acceptors (Lipinski definition) is 5. The largest absolute Gasteiger partial charge is 0.469 e. The molecule has 41 heavy (non-hydrogen) atoms.